The van der Waals surface area contributed by atoms with Crippen LogP contribution in [0.2, 0.25) is 0 Å². The third kappa shape index (κ3) is 8.47. The Morgan fingerprint density at radius 3 is 2.42 bits per heavy atom. The highest BCUT2D eigenvalue weighted by atomic mass is 16.6. The number of hydrogen-bond acceptors (Lipinski definition) is 7. The first kappa shape index (κ1) is 26.3. The van der Waals surface area contributed by atoms with Gasteiger partial charge in [-0.3, -0.25) is 0 Å². The highest BCUT2D eigenvalue weighted by Crippen LogP contribution is 2.35. The Labute approximate surface area is 196 Å². The van der Waals surface area contributed by atoms with Crippen molar-refractivity contribution in [3.8, 4) is 5.75 Å². The Morgan fingerprint density at radius 2 is 1.82 bits per heavy atom. The van der Waals surface area contributed by atoms with E-state index in [9.17, 15) is 9.59 Å². The number of ether oxygens (including phenoxy) is 3. The van der Waals surface area contributed by atoms with Gasteiger partial charge >= 0.3 is 12.2 Å². The summed E-state index contributed by atoms with van der Waals surface area (Å²) in [6.07, 6.45) is 0.0125. The Hall–Kier alpha value is -2.97. The molecule has 33 heavy (non-hydrogen) atoms. The minimum Gasteiger partial charge on any atom is -0.481 e. The number of fused-ring (bicyclic) bond motifs is 1. The lowest BCUT2D eigenvalue weighted by Crippen LogP contribution is -2.36. The molecule has 1 aliphatic rings. The number of amidine groups is 1. The SMILES string of the molecule is CC1Oc2ccc(C(CCCN(C)C(=O)OC(C)(C)C)NC(=O)OC(C)(C)C)cc2N=C1N. The van der Waals surface area contributed by atoms with Gasteiger partial charge in [0.1, 0.15) is 28.5 Å². The first-order valence-corrected chi connectivity index (χ1v) is 11.2. The van der Waals surface area contributed by atoms with Crippen LogP contribution in [0.25, 0.3) is 0 Å². The predicted molar refractivity (Wildman–Crippen MR) is 128 cm³/mol. The average Bonchev–Trinajstić information content (AvgIpc) is 2.65. The number of carbonyl (C=O) groups is 2. The second-order valence-electron chi connectivity index (χ2n) is 10.3. The van der Waals surface area contributed by atoms with Gasteiger partial charge in [0.15, 0.2) is 6.10 Å². The number of alkyl carbamates (subject to hydrolysis) is 1. The van der Waals surface area contributed by atoms with Gasteiger partial charge in [-0.1, -0.05) is 6.07 Å². The fraction of sp³-hybridized carbons (Fsp3) is 0.625. The van der Waals surface area contributed by atoms with Crippen molar-refractivity contribution in [3.63, 3.8) is 0 Å². The van der Waals surface area contributed by atoms with Gasteiger partial charge in [-0.15, -0.1) is 0 Å². The monoisotopic (exact) mass is 462 g/mol. The molecule has 1 aromatic rings. The Kier molecular flexibility index (Phi) is 8.21. The third-order valence-electron chi connectivity index (χ3n) is 4.74. The highest BCUT2D eigenvalue weighted by molar-refractivity contribution is 5.89. The van der Waals surface area contributed by atoms with E-state index in [1.165, 1.54) is 4.90 Å². The first-order chi connectivity index (χ1) is 15.1. The molecule has 0 aromatic heterocycles. The van der Waals surface area contributed by atoms with Crippen molar-refractivity contribution in [1.82, 2.24) is 10.2 Å². The van der Waals surface area contributed by atoms with E-state index in [4.69, 9.17) is 19.9 Å². The van der Waals surface area contributed by atoms with Gasteiger partial charge in [-0.2, -0.15) is 0 Å². The zero-order valence-electron chi connectivity index (χ0n) is 21.0. The number of nitrogens with two attached hydrogens (primary N) is 1. The number of nitrogens with one attached hydrogen (secondary N) is 1. The van der Waals surface area contributed by atoms with Crippen molar-refractivity contribution in [1.29, 1.82) is 0 Å². The van der Waals surface area contributed by atoms with Crippen LogP contribution in [0.15, 0.2) is 23.2 Å². The second kappa shape index (κ2) is 10.3. The Balaban J connectivity index is 2.14. The van der Waals surface area contributed by atoms with Crippen LogP contribution in [-0.4, -0.2) is 53.8 Å². The molecular weight excluding hydrogens is 424 g/mol. The van der Waals surface area contributed by atoms with Crippen molar-refractivity contribution in [3.05, 3.63) is 23.8 Å². The molecule has 9 nitrogen and oxygen atoms in total. The molecule has 0 aliphatic carbocycles. The van der Waals surface area contributed by atoms with Crippen LogP contribution < -0.4 is 15.8 Å². The largest absolute Gasteiger partial charge is 0.481 e. The van der Waals surface area contributed by atoms with Crippen LogP contribution >= 0.6 is 0 Å². The maximum atomic E-state index is 12.5. The summed E-state index contributed by atoms with van der Waals surface area (Å²) in [4.78, 5) is 30.7. The lowest BCUT2D eigenvalue weighted by atomic mass is 10.0. The van der Waals surface area contributed by atoms with Crippen LogP contribution in [0.4, 0.5) is 15.3 Å². The zero-order valence-corrected chi connectivity index (χ0v) is 21.0. The highest BCUT2D eigenvalue weighted by Gasteiger charge is 2.24. The molecule has 0 bridgehead atoms. The molecule has 0 fully saturated rings. The fourth-order valence-electron chi connectivity index (χ4n) is 3.15. The number of nitrogens with zero attached hydrogens (tertiary/aromatic N) is 2. The molecule has 9 heteroatoms. The van der Waals surface area contributed by atoms with Gasteiger partial charge < -0.3 is 30.2 Å². The van der Waals surface area contributed by atoms with Crippen molar-refractivity contribution >= 4 is 23.7 Å². The number of amides is 2. The lowest BCUT2D eigenvalue weighted by molar-refractivity contribution is 0.0291. The molecule has 0 spiro atoms. The molecule has 184 valence electrons. The summed E-state index contributed by atoms with van der Waals surface area (Å²) in [6.45, 7) is 13.2. The van der Waals surface area contributed by atoms with Crippen LogP contribution in [0.5, 0.6) is 5.75 Å². The summed E-state index contributed by atoms with van der Waals surface area (Å²) in [5.41, 5.74) is 6.22. The van der Waals surface area contributed by atoms with E-state index >= 15 is 0 Å². The molecule has 2 rings (SSSR count). The molecule has 0 saturated heterocycles. The summed E-state index contributed by atoms with van der Waals surface area (Å²) in [6, 6.07) is 5.22. The maximum absolute atomic E-state index is 12.5. The van der Waals surface area contributed by atoms with Crippen LogP contribution in [-0.2, 0) is 9.47 Å². The summed E-state index contributed by atoms with van der Waals surface area (Å²) in [5.74, 6) is 1.04. The Morgan fingerprint density at radius 1 is 1.18 bits per heavy atom. The minimum absolute atomic E-state index is 0.289. The van der Waals surface area contributed by atoms with E-state index in [1.54, 1.807) is 7.05 Å². The molecule has 0 saturated carbocycles. The standard InChI is InChI=1S/C24H38N4O5/c1-15-20(25)26-18-14-16(11-12-19(18)31-15)17(27-21(29)32-23(2,3)4)10-9-13-28(8)22(30)33-24(5,6)7/h11-12,14-15,17H,9-10,13H2,1-8H3,(H2,25,26)(H,27,29). The van der Waals surface area contributed by atoms with Gasteiger partial charge in [0, 0.05) is 13.6 Å². The summed E-state index contributed by atoms with van der Waals surface area (Å²) in [5, 5.41) is 2.94. The van der Waals surface area contributed by atoms with Crippen LogP contribution in [0.3, 0.4) is 0 Å². The number of aliphatic imine (C=N–C) groups is 1. The average molecular weight is 463 g/mol. The molecule has 0 radical (unpaired) electrons. The smallest absolute Gasteiger partial charge is 0.410 e. The van der Waals surface area contributed by atoms with Crippen molar-refractivity contribution in [2.24, 2.45) is 10.7 Å². The summed E-state index contributed by atoms with van der Waals surface area (Å²) < 4.78 is 16.6. The topological polar surface area (TPSA) is 115 Å². The van der Waals surface area contributed by atoms with Crippen LogP contribution in [0, 0.1) is 0 Å². The third-order valence-corrected chi connectivity index (χ3v) is 4.74. The molecule has 2 unspecified atom stereocenters. The van der Waals surface area contributed by atoms with Gasteiger partial charge in [0.05, 0.1) is 6.04 Å². The van der Waals surface area contributed by atoms with Crippen molar-refractivity contribution < 1.29 is 23.8 Å². The number of carbonyl (C=O) groups excluding carboxylic acids is 2. The van der Waals surface area contributed by atoms with Gasteiger partial charge in [0.25, 0.3) is 0 Å². The molecule has 2 amide bonds. The molecule has 1 aliphatic heterocycles. The fourth-order valence-corrected chi connectivity index (χ4v) is 3.15. The molecule has 1 heterocycles. The zero-order chi connectivity index (χ0) is 25.0. The van der Waals surface area contributed by atoms with Crippen molar-refractivity contribution in [2.75, 3.05) is 13.6 Å². The van der Waals surface area contributed by atoms with E-state index in [2.05, 4.69) is 10.3 Å². The van der Waals surface area contributed by atoms with Gasteiger partial charge in [-0.05, 0) is 79.0 Å². The molecular formula is C24H38N4O5. The molecule has 3 N–H and O–H groups in total. The van der Waals surface area contributed by atoms with E-state index < -0.39 is 17.3 Å². The Bertz CT molecular complexity index is 886. The van der Waals surface area contributed by atoms with E-state index in [0.717, 1.165) is 5.56 Å². The minimum atomic E-state index is -0.621. The quantitative estimate of drug-likeness (QED) is 0.635. The number of benzene rings is 1. The number of rotatable bonds is 6. The maximum Gasteiger partial charge on any atom is 0.410 e. The van der Waals surface area contributed by atoms with Gasteiger partial charge in [-0.25, -0.2) is 14.6 Å². The van der Waals surface area contributed by atoms with E-state index in [-0.39, 0.29) is 18.2 Å². The molecule has 2 atom stereocenters. The molecule has 1 aromatic carbocycles. The predicted octanol–water partition coefficient (Wildman–Crippen LogP) is 4.67. The number of hydrogen-bond donors (Lipinski definition) is 2. The van der Waals surface area contributed by atoms with E-state index in [1.807, 2.05) is 66.7 Å². The summed E-state index contributed by atoms with van der Waals surface area (Å²) in [7, 11) is 1.69. The van der Waals surface area contributed by atoms with Crippen molar-refractivity contribution in [2.45, 2.75) is 84.7 Å². The first-order valence-electron chi connectivity index (χ1n) is 11.2. The second-order valence-corrected chi connectivity index (χ2v) is 10.3. The van der Waals surface area contributed by atoms with Crippen LogP contribution in [0.1, 0.15) is 72.9 Å². The lowest BCUT2D eigenvalue weighted by Gasteiger charge is -2.27. The summed E-state index contributed by atoms with van der Waals surface area (Å²) >= 11 is 0. The normalized spacial score (nSPS) is 16.6. The van der Waals surface area contributed by atoms with Gasteiger partial charge in [0.2, 0.25) is 0 Å². The van der Waals surface area contributed by atoms with E-state index in [0.29, 0.717) is 36.7 Å².